The van der Waals surface area contributed by atoms with Crippen molar-refractivity contribution in [1.82, 2.24) is 4.90 Å². The topological polar surface area (TPSA) is 94.2 Å². The highest BCUT2D eigenvalue weighted by molar-refractivity contribution is 6.17. The van der Waals surface area contributed by atoms with E-state index in [9.17, 15) is 4.79 Å². The second-order valence-corrected chi connectivity index (χ2v) is 11.8. The number of anilines is 1. The zero-order chi connectivity index (χ0) is 32.0. The molecule has 1 saturated heterocycles. The van der Waals surface area contributed by atoms with Gasteiger partial charge in [0.25, 0.3) is 0 Å². The molecular weight excluding hydrogens is 580 g/mol. The van der Waals surface area contributed by atoms with Crippen LogP contribution in [-0.2, 0) is 10.2 Å². The summed E-state index contributed by atoms with van der Waals surface area (Å²) in [6, 6.07) is 25.6. The summed E-state index contributed by atoms with van der Waals surface area (Å²) in [5, 5.41) is 3.08. The van der Waals surface area contributed by atoms with Crippen molar-refractivity contribution in [2.24, 2.45) is 5.92 Å². The first kappa shape index (κ1) is 29.3. The zero-order valence-corrected chi connectivity index (χ0v) is 25.9. The fourth-order valence-electron chi connectivity index (χ4n) is 7.45. The predicted octanol–water partition coefficient (Wildman–Crippen LogP) is 6.47. The van der Waals surface area contributed by atoms with E-state index in [1.165, 1.54) is 14.2 Å². The number of rotatable bonds is 9. The average molecular weight is 615 g/mol. The minimum Gasteiger partial charge on any atom is -0.497 e. The molecule has 0 bridgehead atoms. The highest BCUT2D eigenvalue weighted by Crippen LogP contribution is 2.62. The van der Waals surface area contributed by atoms with Gasteiger partial charge in [0.15, 0.2) is 11.6 Å². The number of benzene rings is 4. The first-order valence-corrected chi connectivity index (χ1v) is 15.4. The summed E-state index contributed by atoms with van der Waals surface area (Å²) in [5.74, 6) is -0.612. The van der Waals surface area contributed by atoms with Gasteiger partial charge < -0.3 is 24.4 Å². The molecule has 0 aliphatic carbocycles. The molecule has 4 aromatic rings. The number of carbonyl (C=O) groups is 3. The van der Waals surface area contributed by atoms with Crippen molar-refractivity contribution in [3.05, 3.63) is 125 Å². The standard InChI is InChI=1S/C38H34N2O6/c1-4-21-46-25-15-13-24(14-16-25)34(41)32-33(35(42)28-22-26(44-2)17-18-31(28)45-3)40-20-19-23-9-5-6-10-27(23)36(40)38(32)29-11-7-8-12-30(29)39-37(38)43/h5-20,22,32-33,36H,4,21H2,1-3H3,(H,39,43). The Morgan fingerprint density at radius 2 is 1.61 bits per heavy atom. The summed E-state index contributed by atoms with van der Waals surface area (Å²) < 4.78 is 16.9. The van der Waals surface area contributed by atoms with Gasteiger partial charge in [0, 0.05) is 17.5 Å². The maximum atomic E-state index is 15.1. The second-order valence-electron chi connectivity index (χ2n) is 11.8. The normalized spacial score (nSPS) is 22.1. The molecule has 8 heteroatoms. The van der Waals surface area contributed by atoms with Crippen LogP contribution in [0, 0.1) is 5.92 Å². The summed E-state index contributed by atoms with van der Waals surface area (Å²) >= 11 is 0. The molecule has 4 unspecified atom stereocenters. The van der Waals surface area contributed by atoms with Crippen LogP contribution in [0.4, 0.5) is 5.69 Å². The second kappa shape index (κ2) is 11.5. The van der Waals surface area contributed by atoms with E-state index in [-0.39, 0.29) is 23.0 Å². The van der Waals surface area contributed by atoms with E-state index in [1.54, 1.807) is 42.5 Å². The lowest BCUT2D eigenvalue weighted by Gasteiger charge is -2.38. The maximum absolute atomic E-state index is 15.1. The molecule has 3 aliphatic rings. The first-order chi connectivity index (χ1) is 22.4. The Bertz CT molecular complexity index is 1880. The van der Waals surface area contributed by atoms with E-state index >= 15 is 9.59 Å². The SMILES string of the molecule is CCCOc1ccc(C(=O)C2C(C(=O)c3cc(OC)ccc3OC)N3C=Cc4ccccc4C3C23C(=O)Nc2ccccc23)cc1. The Kier molecular flexibility index (Phi) is 7.35. The molecule has 0 aromatic heterocycles. The number of hydrogen-bond donors (Lipinski definition) is 1. The van der Waals surface area contributed by atoms with Crippen molar-refractivity contribution < 1.29 is 28.6 Å². The number of hydrogen-bond acceptors (Lipinski definition) is 7. The molecule has 1 amide bonds. The highest BCUT2D eigenvalue weighted by atomic mass is 16.5. The molecule has 232 valence electrons. The van der Waals surface area contributed by atoms with E-state index in [2.05, 4.69) is 5.32 Å². The Hall–Kier alpha value is -5.37. The van der Waals surface area contributed by atoms with Gasteiger partial charge in [0.1, 0.15) is 28.7 Å². The van der Waals surface area contributed by atoms with Gasteiger partial charge >= 0.3 is 0 Å². The molecule has 1 fully saturated rings. The third kappa shape index (κ3) is 4.31. The van der Waals surface area contributed by atoms with Gasteiger partial charge in [-0.15, -0.1) is 0 Å². The van der Waals surface area contributed by atoms with E-state index in [4.69, 9.17) is 14.2 Å². The van der Waals surface area contributed by atoms with Gasteiger partial charge in [-0.2, -0.15) is 0 Å². The summed E-state index contributed by atoms with van der Waals surface area (Å²) in [5.41, 5.74) is 2.34. The number of nitrogens with one attached hydrogen (secondary N) is 1. The molecule has 7 rings (SSSR count). The van der Waals surface area contributed by atoms with Crippen molar-refractivity contribution in [3.63, 3.8) is 0 Å². The van der Waals surface area contributed by atoms with E-state index in [0.717, 1.165) is 17.5 Å². The quantitative estimate of drug-likeness (QED) is 0.216. The van der Waals surface area contributed by atoms with Crippen molar-refractivity contribution >= 4 is 29.2 Å². The van der Waals surface area contributed by atoms with Crippen molar-refractivity contribution in [2.45, 2.75) is 30.8 Å². The number of Topliss-reactive ketones (excluding diaryl/α,β-unsaturated/α-hetero) is 2. The van der Waals surface area contributed by atoms with E-state index in [0.29, 0.717) is 40.7 Å². The Balaban J connectivity index is 1.49. The predicted molar refractivity (Wildman–Crippen MR) is 175 cm³/mol. The Labute approximate surface area is 267 Å². The van der Waals surface area contributed by atoms with Crippen LogP contribution in [0.3, 0.4) is 0 Å². The molecule has 0 saturated carbocycles. The van der Waals surface area contributed by atoms with Gasteiger partial charge in [-0.05, 0) is 77.7 Å². The number of nitrogens with zero attached hydrogens (tertiary/aromatic N) is 1. The van der Waals surface area contributed by atoms with Crippen LogP contribution < -0.4 is 19.5 Å². The average Bonchev–Trinajstić information content (AvgIpc) is 3.58. The number of ether oxygens (including phenoxy) is 3. The fraction of sp³-hybridized carbons (Fsp3) is 0.237. The maximum Gasteiger partial charge on any atom is 0.238 e. The van der Waals surface area contributed by atoms with Crippen molar-refractivity contribution in [1.29, 1.82) is 0 Å². The van der Waals surface area contributed by atoms with E-state index < -0.39 is 23.4 Å². The van der Waals surface area contributed by atoms with Crippen LogP contribution in [0.1, 0.15) is 56.8 Å². The summed E-state index contributed by atoms with van der Waals surface area (Å²) in [6.07, 6.45) is 4.64. The summed E-state index contributed by atoms with van der Waals surface area (Å²) in [4.78, 5) is 46.7. The van der Waals surface area contributed by atoms with Gasteiger partial charge in [-0.3, -0.25) is 14.4 Å². The minimum absolute atomic E-state index is 0.266. The van der Waals surface area contributed by atoms with Crippen molar-refractivity contribution in [3.8, 4) is 17.2 Å². The fourth-order valence-corrected chi connectivity index (χ4v) is 7.45. The van der Waals surface area contributed by atoms with Crippen LogP contribution in [0.25, 0.3) is 6.08 Å². The Morgan fingerprint density at radius 1 is 0.870 bits per heavy atom. The number of carbonyl (C=O) groups excluding carboxylic acids is 3. The molecule has 4 atom stereocenters. The van der Waals surface area contributed by atoms with Crippen molar-refractivity contribution in [2.75, 3.05) is 26.1 Å². The molecule has 1 spiro atoms. The van der Waals surface area contributed by atoms with Crippen LogP contribution in [0.15, 0.2) is 97.2 Å². The number of methoxy groups -OCH3 is 2. The smallest absolute Gasteiger partial charge is 0.238 e. The molecule has 3 heterocycles. The molecule has 8 nitrogen and oxygen atoms in total. The number of ketones is 2. The van der Waals surface area contributed by atoms with E-state index in [1.807, 2.05) is 72.6 Å². The molecule has 0 radical (unpaired) electrons. The lowest BCUT2D eigenvalue weighted by Crippen LogP contribution is -2.49. The van der Waals surface area contributed by atoms with Gasteiger partial charge in [0.05, 0.1) is 38.3 Å². The summed E-state index contributed by atoms with van der Waals surface area (Å²) in [7, 11) is 3.03. The molecular formula is C38H34N2O6. The number of para-hydroxylation sites is 1. The van der Waals surface area contributed by atoms with Crippen LogP contribution in [0.2, 0.25) is 0 Å². The first-order valence-electron chi connectivity index (χ1n) is 15.4. The van der Waals surface area contributed by atoms with Crippen LogP contribution in [0.5, 0.6) is 17.2 Å². The molecule has 3 aliphatic heterocycles. The monoisotopic (exact) mass is 614 g/mol. The van der Waals surface area contributed by atoms with Gasteiger partial charge in [-0.25, -0.2) is 0 Å². The molecule has 1 N–H and O–H groups in total. The van der Waals surface area contributed by atoms with Crippen LogP contribution >= 0.6 is 0 Å². The van der Waals surface area contributed by atoms with Gasteiger partial charge in [0.2, 0.25) is 5.91 Å². The molecule has 4 aromatic carbocycles. The largest absolute Gasteiger partial charge is 0.497 e. The summed E-state index contributed by atoms with van der Waals surface area (Å²) in [6.45, 7) is 2.58. The minimum atomic E-state index is -1.43. The Morgan fingerprint density at radius 3 is 2.37 bits per heavy atom. The lowest BCUT2D eigenvalue weighted by molar-refractivity contribution is -0.122. The zero-order valence-electron chi connectivity index (χ0n) is 25.9. The lowest BCUT2D eigenvalue weighted by atomic mass is 9.62. The van der Waals surface area contributed by atoms with Crippen LogP contribution in [-0.4, -0.2) is 49.2 Å². The molecule has 46 heavy (non-hydrogen) atoms. The number of amides is 1. The third-order valence-corrected chi connectivity index (χ3v) is 9.41. The van der Waals surface area contributed by atoms with Gasteiger partial charge in [-0.1, -0.05) is 49.4 Å². The highest BCUT2D eigenvalue weighted by Gasteiger charge is 2.70. The third-order valence-electron chi connectivity index (χ3n) is 9.41. The number of fused-ring (bicyclic) bond motifs is 6.